The molecule has 0 amide bonds. The number of halogens is 1. The molecule has 0 saturated carbocycles. The highest BCUT2D eigenvalue weighted by atomic mass is 35.5. The molecular weight excluding hydrogens is 216 g/mol. The average Bonchev–Trinajstić information content (AvgIpc) is 2.22. The lowest BCUT2D eigenvalue weighted by Gasteiger charge is -2.05. The van der Waals surface area contributed by atoms with E-state index in [1.165, 1.54) is 19.2 Å². The van der Waals surface area contributed by atoms with Crippen molar-refractivity contribution in [2.24, 2.45) is 0 Å². The monoisotopic (exact) mass is 224 g/mol. The molecule has 0 saturated heterocycles. The van der Waals surface area contributed by atoms with Gasteiger partial charge in [0.05, 0.1) is 35.9 Å². The number of carbonyl (C=O) groups excluding carboxylic acids is 1. The largest absolute Gasteiger partial charge is 0.469 e. The predicted octanol–water partition coefficient (Wildman–Crippen LogP) is 1.51. The van der Waals surface area contributed by atoms with Crippen LogP contribution in [0.1, 0.15) is 11.1 Å². The molecule has 0 bridgehead atoms. The van der Waals surface area contributed by atoms with E-state index in [1.807, 2.05) is 6.07 Å². The molecule has 0 fully saturated rings. The molecule has 0 aromatic heterocycles. The van der Waals surface area contributed by atoms with Gasteiger partial charge >= 0.3 is 5.97 Å². The van der Waals surface area contributed by atoms with Gasteiger partial charge in [0.1, 0.15) is 0 Å². The Balaban J connectivity index is 3.12. The summed E-state index contributed by atoms with van der Waals surface area (Å²) in [5.41, 5.74) is 6.76. The van der Waals surface area contributed by atoms with Crippen molar-refractivity contribution in [2.75, 3.05) is 12.8 Å². The zero-order valence-electron chi connectivity index (χ0n) is 8.08. The van der Waals surface area contributed by atoms with Crippen molar-refractivity contribution in [2.45, 2.75) is 6.42 Å². The fourth-order valence-corrected chi connectivity index (χ4v) is 1.28. The number of rotatable bonds is 2. The number of methoxy groups -OCH3 is 1. The molecule has 15 heavy (non-hydrogen) atoms. The van der Waals surface area contributed by atoms with Crippen molar-refractivity contribution in [3.8, 4) is 6.07 Å². The third kappa shape index (κ3) is 2.61. The van der Waals surface area contributed by atoms with E-state index < -0.39 is 5.97 Å². The van der Waals surface area contributed by atoms with Crippen LogP contribution in [-0.2, 0) is 16.0 Å². The van der Waals surface area contributed by atoms with Gasteiger partial charge in [0.15, 0.2) is 0 Å². The van der Waals surface area contributed by atoms with Gasteiger partial charge in [-0.2, -0.15) is 5.26 Å². The van der Waals surface area contributed by atoms with E-state index >= 15 is 0 Å². The fraction of sp³-hybridized carbons (Fsp3) is 0.200. The Morgan fingerprint density at radius 2 is 2.33 bits per heavy atom. The van der Waals surface area contributed by atoms with Crippen LogP contribution in [0, 0.1) is 11.3 Å². The number of benzene rings is 1. The van der Waals surface area contributed by atoms with Gasteiger partial charge in [-0.15, -0.1) is 0 Å². The number of ether oxygens (including phenoxy) is 1. The van der Waals surface area contributed by atoms with Crippen LogP contribution in [0.15, 0.2) is 12.1 Å². The number of nitriles is 1. The summed E-state index contributed by atoms with van der Waals surface area (Å²) in [4.78, 5) is 11.0. The molecule has 0 heterocycles. The maximum Gasteiger partial charge on any atom is 0.310 e. The molecule has 0 atom stereocenters. The molecule has 0 aliphatic rings. The Kier molecular flexibility index (Phi) is 3.53. The maximum atomic E-state index is 11.0. The second kappa shape index (κ2) is 4.67. The minimum atomic E-state index is -0.423. The third-order valence-electron chi connectivity index (χ3n) is 1.91. The number of esters is 1. The van der Waals surface area contributed by atoms with E-state index in [-0.39, 0.29) is 6.42 Å². The Morgan fingerprint density at radius 3 is 2.87 bits per heavy atom. The highest BCUT2D eigenvalue weighted by Crippen LogP contribution is 2.23. The first-order valence-corrected chi connectivity index (χ1v) is 4.51. The third-order valence-corrected chi connectivity index (χ3v) is 2.23. The number of hydrogen-bond donors (Lipinski definition) is 1. The normalized spacial score (nSPS) is 9.40. The second-order valence-corrected chi connectivity index (χ2v) is 3.30. The first-order valence-electron chi connectivity index (χ1n) is 4.13. The summed E-state index contributed by atoms with van der Waals surface area (Å²) < 4.78 is 4.50. The Morgan fingerprint density at radius 1 is 1.67 bits per heavy atom. The van der Waals surface area contributed by atoms with Gasteiger partial charge in [0.25, 0.3) is 0 Å². The van der Waals surface area contributed by atoms with Gasteiger partial charge in [-0.05, 0) is 17.7 Å². The van der Waals surface area contributed by atoms with Gasteiger partial charge in [-0.1, -0.05) is 11.6 Å². The first kappa shape index (κ1) is 11.3. The molecule has 5 heteroatoms. The molecular formula is C10H9ClN2O2. The molecule has 0 aliphatic heterocycles. The number of nitrogens with two attached hydrogens (primary N) is 1. The SMILES string of the molecule is COC(=O)Cc1cc(N)c(Cl)cc1C#N. The summed E-state index contributed by atoms with van der Waals surface area (Å²) in [5, 5.41) is 9.12. The van der Waals surface area contributed by atoms with Gasteiger partial charge in [0, 0.05) is 0 Å². The predicted molar refractivity (Wildman–Crippen MR) is 56.3 cm³/mol. The molecule has 0 radical (unpaired) electrons. The van der Waals surface area contributed by atoms with E-state index in [2.05, 4.69) is 4.74 Å². The van der Waals surface area contributed by atoms with Crippen molar-refractivity contribution in [3.63, 3.8) is 0 Å². The fourth-order valence-electron chi connectivity index (χ4n) is 1.12. The topological polar surface area (TPSA) is 76.1 Å². The van der Waals surface area contributed by atoms with Crippen LogP contribution < -0.4 is 5.73 Å². The van der Waals surface area contributed by atoms with Crippen LogP contribution in [0.25, 0.3) is 0 Å². The van der Waals surface area contributed by atoms with E-state index in [0.29, 0.717) is 21.8 Å². The molecule has 0 unspecified atom stereocenters. The van der Waals surface area contributed by atoms with E-state index in [0.717, 1.165) is 0 Å². The lowest BCUT2D eigenvalue weighted by Crippen LogP contribution is -2.06. The minimum Gasteiger partial charge on any atom is -0.469 e. The van der Waals surface area contributed by atoms with Crippen LogP contribution in [-0.4, -0.2) is 13.1 Å². The van der Waals surface area contributed by atoms with Gasteiger partial charge in [-0.25, -0.2) is 0 Å². The summed E-state index contributed by atoms with van der Waals surface area (Å²) in [6, 6.07) is 4.90. The zero-order valence-corrected chi connectivity index (χ0v) is 8.84. The highest BCUT2D eigenvalue weighted by molar-refractivity contribution is 6.33. The molecule has 78 valence electrons. The molecule has 2 N–H and O–H groups in total. The summed E-state index contributed by atoms with van der Waals surface area (Å²) >= 11 is 5.74. The summed E-state index contributed by atoms with van der Waals surface area (Å²) in [6.07, 6.45) is 0.0146. The molecule has 1 aromatic carbocycles. The van der Waals surface area contributed by atoms with Crippen LogP contribution >= 0.6 is 11.6 Å². The molecule has 4 nitrogen and oxygen atoms in total. The summed E-state index contributed by atoms with van der Waals surface area (Å²) in [5.74, 6) is -0.423. The number of carbonyl (C=O) groups is 1. The molecule has 0 spiro atoms. The lowest BCUT2D eigenvalue weighted by molar-refractivity contribution is -0.139. The van der Waals surface area contributed by atoms with Crippen molar-refractivity contribution in [1.29, 1.82) is 5.26 Å². The zero-order chi connectivity index (χ0) is 11.4. The van der Waals surface area contributed by atoms with E-state index in [1.54, 1.807) is 0 Å². The van der Waals surface area contributed by atoms with Crippen molar-refractivity contribution < 1.29 is 9.53 Å². The van der Waals surface area contributed by atoms with Gasteiger partial charge in [0.2, 0.25) is 0 Å². The number of nitrogens with zero attached hydrogens (tertiary/aromatic N) is 1. The minimum absolute atomic E-state index is 0.0146. The standard InChI is InChI=1S/C10H9ClN2O2/c1-15-10(14)4-6-3-9(13)8(11)2-7(6)5-12/h2-3H,4,13H2,1H3. The smallest absolute Gasteiger partial charge is 0.310 e. The highest BCUT2D eigenvalue weighted by Gasteiger charge is 2.10. The quantitative estimate of drug-likeness (QED) is 0.610. The van der Waals surface area contributed by atoms with Gasteiger partial charge < -0.3 is 10.5 Å². The number of anilines is 1. The lowest BCUT2D eigenvalue weighted by atomic mass is 10.0. The van der Waals surface area contributed by atoms with Crippen molar-refractivity contribution >= 4 is 23.3 Å². The Labute approximate surface area is 92.2 Å². The Bertz CT molecular complexity index is 438. The van der Waals surface area contributed by atoms with Crippen LogP contribution in [0.3, 0.4) is 0 Å². The van der Waals surface area contributed by atoms with Gasteiger partial charge in [-0.3, -0.25) is 4.79 Å². The van der Waals surface area contributed by atoms with Crippen molar-refractivity contribution in [1.82, 2.24) is 0 Å². The van der Waals surface area contributed by atoms with Crippen LogP contribution in [0.4, 0.5) is 5.69 Å². The Hall–Kier alpha value is -1.73. The maximum absolute atomic E-state index is 11.0. The second-order valence-electron chi connectivity index (χ2n) is 2.90. The average molecular weight is 225 g/mol. The van der Waals surface area contributed by atoms with Crippen LogP contribution in [0.2, 0.25) is 5.02 Å². The van der Waals surface area contributed by atoms with Crippen LogP contribution in [0.5, 0.6) is 0 Å². The molecule has 1 aromatic rings. The first-order chi connectivity index (χ1) is 7.08. The summed E-state index contributed by atoms with van der Waals surface area (Å²) in [7, 11) is 1.29. The van der Waals surface area contributed by atoms with Crippen molar-refractivity contribution in [3.05, 3.63) is 28.3 Å². The number of nitrogen functional groups attached to an aromatic ring is 1. The summed E-state index contributed by atoms with van der Waals surface area (Å²) in [6.45, 7) is 0. The number of hydrogen-bond acceptors (Lipinski definition) is 4. The molecule has 0 aliphatic carbocycles. The van der Waals surface area contributed by atoms with E-state index in [4.69, 9.17) is 22.6 Å². The van der Waals surface area contributed by atoms with E-state index in [9.17, 15) is 4.79 Å². The molecule has 1 rings (SSSR count).